The minimum absolute atomic E-state index is 0.0267. The Hall–Kier alpha value is -2.79. The molecular formula is C23H25NO4. The van der Waals surface area contributed by atoms with Gasteiger partial charge in [0.05, 0.1) is 20.1 Å². The van der Waals surface area contributed by atoms with Gasteiger partial charge in [0.2, 0.25) is 0 Å². The van der Waals surface area contributed by atoms with Gasteiger partial charge in [0.1, 0.15) is 5.75 Å². The molecule has 4 rings (SSSR count). The summed E-state index contributed by atoms with van der Waals surface area (Å²) in [5, 5.41) is 9.15. The lowest BCUT2D eigenvalue weighted by atomic mass is 9.76. The normalized spacial score (nSPS) is 22.3. The van der Waals surface area contributed by atoms with Crippen molar-refractivity contribution in [2.24, 2.45) is 0 Å². The van der Waals surface area contributed by atoms with Gasteiger partial charge in [0, 0.05) is 17.6 Å². The molecule has 1 saturated heterocycles. The Morgan fingerprint density at radius 3 is 2.68 bits per heavy atom. The Kier molecular flexibility index (Phi) is 4.42. The highest BCUT2D eigenvalue weighted by molar-refractivity contribution is 5.74. The summed E-state index contributed by atoms with van der Waals surface area (Å²) < 4.78 is 11.6. The van der Waals surface area contributed by atoms with Crippen LogP contribution in [-0.2, 0) is 21.4 Å². The first-order valence-electron chi connectivity index (χ1n) is 9.47. The van der Waals surface area contributed by atoms with Crippen LogP contribution < -0.4 is 9.64 Å². The maximum Gasteiger partial charge on any atom is 0.307 e. The van der Waals surface area contributed by atoms with Crippen molar-refractivity contribution in [2.75, 3.05) is 25.2 Å². The predicted octanol–water partition coefficient (Wildman–Crippen LogP) is 3.86. The van der Waals surface area contributed by atoms with Crippen LogP contribution in [0.2, 0.25) is 0 Å². The highest BCUT2D eigenvalue weighted by atomic mass is 16.5. The van der Waals surface area contributed by atoms with Crippen molar-refractivity contribution in [3.63, 3.8) is 0 Å². The van der Waals surface area contributed by atoms with E-state index in [2.05, 4.69) is 30.9 Å². The third-order valence-corrected chi connectivity index (χ3v) is 5.93. The second-order valence-electron chi connectivity index (χ2n) is 7.85. The number of hydrogen-bond donors (Lipinski definition) is 1. The maximum atomic E-state index is 11.1. The quantitative estimate of drug-likeness (QED) is 0.855. The summed E-state index contributed by atoms with van der Waals surface area (Å²) in [7, 11) is 1.66. The smallest absolute Gasteiger partial charge is 0.307 e. The minimum atomic E-state index is -0.818. The van der Waals surface area contributed by atoms with Gasteiger partial charge in [-0.2, -0.15) is 0 Å². The summed E-state index contributed by atoms with van der Waals surface area (Å²) in [6.07, 6.45) is 4.25. The topological polar surface area (TPSA) is 59.0 Å². The lowest BCUT2D eigenvalue weighted by Gasteiger charge is -2.39. The summed E-state index contributed by atoms with van der Waals surface area (Å²) in [5.74, 6) is 0.00948. The number of anilines is 1. The van der Waals surface area contributed by atoms with Crippen LogP contribution in [-0.4, -0.2) is 37.1 Å². The monoisotopic (exact) mass is 379 g/mol. The summed E-state index contributed by atoms with van der Waals surface area (Å²) in [6.45, 7) is 5.80. The third kappa shape index (κ3) is 2.78. The molecule has 2 aliphatic heterocycles. The SMILES string of the molecule is COc1ccc(/C=C/C23OCCN2c2ccc(CC(=O)O)cc2C3(C)C)cc1. The Morgan fingerprint density at radius 2 is 2.00 bits per heavy atom. The van der Waals surface area contributed by atoms with Gasteiger partial charge in [-0.25, -0.2) is 0 Å². The molecule has 0 saturated carbocycles. The molecule has 2 aromatic rings. The van der Waals surface area contributed by atoms with Crippen molar-refractivity contribution in [3.8, 4) is 5.75 Å². The summed E-state index contributed by atoms with van der Waals surface area (Å²) in [5.41, 5.74) is 3.23. The molecule has 1 unspecified atom stereocenters. The number of carboxylic acids is 1. The first kappa shape index (κ1) is 18.6. The van der Waals surface area contributed by atoms with E-state index in [0.717, 1.165) is 34.7 Å². The molecule has 0 bridgehead atoms. The van der Waals surface area contributed by atoms with E-state index in [0.29, 0.717) is 6.61 Å². The van der Waals surface area contributed by atoms with Crippen molar-refractivity contribution in [2.45, 2.75) is 31.4 Å². The van der Waals surface area contributed by atoms with Gasteiger partial charge in [-0.3, -0.25) is 4.79 Å². The number of hydrogen-bond acceptors (Lipinski definition) is 4. The zero-order valence-electron chi connectivity index (χ0n) is 16.4. The van der Waals surface area contributed by atoms with Crippen molar-refractivity contribution < 1.29 is 19.4 Å². The average molecular weight is 379 g/mol. The molecule has 0 aliphatic carbocycles. The zero-order valence-corrected chi connectivity index (χ0v) is 16.4. The van der Waals surface area contributed by atoms with E-state index in [9.17, 15) is 4.79 Å². The Balaban J connectivity index is 1.72. The Labute approximate surface area is 165 Å². The predicted molar refractivity (Wildman–Crippen MR) is 109 cm³/mol. The van der Waals surface area contributed by atoms with Crippen molar-refractivity contribution in [3.05, 3.63) is 65.2 Å². The number of carboxylic acid groups (broad SMARTS) is 1. The highest BCUT2D eigenvalue weighted by Gasteiger charge is 2.59. The van der Waals surface area contributed by atoms with Gasteiger partial charge in [-0.05, 0) is 41.0 Å². The number of ether oxygens (including phenoxy) is 2. The first-order valence-corrected chi connectivity index (χ1v) is 9.47. The van der Waals surface area contributed by atoms with Crippen molar-refractivity contribution >= 4 is 17.7 Å². The first-order chi connectivity index (χ1) is 13.4. The number of rotatable bonds is 5. The molecule has 5 nitrogen and oxygen atoms in total. The molecule has 0 amide bonds. The number of aliphatic carboxylic acids is 1. The molecule has 0 spiro atoms. The van der Waals surface area contributed by atoms with E-state index in [-0.39, 0.29) is 11.8 Å². The van der Waals surface area contributed by atoms with Gasteiger partial charge in [0.25, 0.3) is 0 Å². The Bertz CT molecular complexity index is 932. The van der Waals surface area contributed by atoms with E-state index in [1.807, 2.05) is 42.5 Å². The molecule has 2 heterocycles. The molecule has 146 valence electrons. The maximum absolute atomic E-state index is 11.1. The number of fused-ring (bicyclic) bond motifs is 3. The van der Waals surface area contributed by atoms with Crippen LogP contribution >= 0.6 is 0 Å². The Morgan fingerprint density at radius 1 is 1.25 bits per heavy atom. The van der Waals surface area contributed by atoms with Gasteiger partial charge in [0.15, 0.2) is 5.72 Å². The fourth-order valence-electron chi connectivity index (χ4n) is 4.42. The molecule has 1 N–H and O–H groups in total. The van der Waals surface area contributed by atoms with Crippen LogP contribution in [0, 0.1) is 0 Å². The number of nitrogens with zero attached hydrogens (tertiary/aromatic N) is 1. The summed E-state index contributed by atoms with van der Waals surface area (Å²) in [6, 6.07) is 13.9. The van der Waals surface area contributed by atoms with E-state index in [1.165, 1.54) is 0 Å². The molecule has 2 aromatic carbocycles. The molecular weight excluding hydrogens is 354 g/mol. The number of methoxy groups -OCH3 is 1. The van der Waals surface area contributed by atoms with Gasteiger partial charge < -0.3 is 19.5 Å². The molecule has 1 fully saturated rings. The molecule has 28 heavy (non-hydrogen) atoms. The van der Waals surface area contributed by atoms with Gasteiger partial charge in [-0.1, -0.05) is 44.2 Å². The average Bonchev–Trinajstić information content (AvgIpc) is 3.18. The van der Waals surface area contributed by atoms with Crippen LogP contribution in [0.1, 0.15) is 30.5 Å². The largest absolute Gasteiger partial charge is 0.497 e. The number of carbonyl (C=O) groups is 1. The lowest BCUT2D eigenvalue weighted by Crippen LogP contribution is -2.51. The fourth-order valence-corrected chi connectivity index (χ4v) is 4.42. The fraction of sp³-hybridized carbons (Fsp3) is 0.348. The van der Waals surface area contributed by atoms with Crippen molar-refractivity contribution in [1.29, 1.82) is 0 Å². The third-order valence-electron chi connectivity index (χ3n) is 5.93. The van der Waals surface area contributed by atoms with Crippen LogP contribution in [0.5, 0.6) is 5.75 Å². The highest BCUT2D eigenvalue weighted by Crippen LogP contribution is 2.55. The van der Waals surface area contributed by atoms with E-state index in [4.69, 9.17) is 14.6 Å². The van der Waals surface area contributed by atoms with E-state index >= 15 is 0 Å². The molecule has 1 atom stereocenters. The lowest BCUT2D eigenvalue weighted by molar-refractivity contribution is -0.136. The molecule has 0 aromatic heterocycles. The van der Waals surface area contributed by atoms with Crippen LogP contribution in [0.3, 0.4) is 0 Å². The second-order valence-corrected chi connectivity index (χ2v) is 7.85. The van der Waals surface area contributed by atoms with E-state index in [1.54, 1.807) is 7.11 Å². The van der Waals surface area contributed by atoms with Crippen LogP contribution in [0.15, 0.2) is 48.5 Å². The molecule has 2 aliphatic rings. The summed E-state index contributed by atoms with van der Waals surface area (Å²) >= 11 is 0. The van der Waals surface area contributed by atoms with Crippen LogP contribution in [0.25, 0.3) is 6.08 Å². The molecule has 5 heteroatoms. The van der Waals surface area contributed by atoms with Crippen LogP contribution in [0.4, 0.5) is 5.69 Å². The zero-order chi connectivity index (χ0) is 19.9. The second kappa shape index (κ2) is 6.67. The van der Waals surface area contributed by atoms with Gasteiger partial charge in [-0.15, -0.1) is 0 Å². The van der Waals surface area contributed by atoms with Gasteiger partial charge >= 0.3 is 5.97 Å². The number of benzene rings is 2. The molecule has 0 radical (unpaired) electrons. The minimum Gasteiger partial charge on any atom is -0.497 e. The van der Waals surface area contributed by atoms with E-state index < -0.39 is 11.7 Å². The van der Waals surface area contributed by atoms with Crippen molar-refractivity contribution in [1.82, 2.24) is 0 Å². The standard InChI is InChI=1S/C23H25NO4/c1-22(2)19-14-17(15-21(25)26)6-9-20(19)24-12-13-28-23(22,24)11-10-16-4-7-18(27-3)8-5-16/h4-11,14H,12-13,15H2,1-3H3,(H,25,26)/b11-10+. The summed E-state index contributed by atoms with van der Waals surface area (Å²) in [4.78, 5) is 13.4.